The molecule has 2 aromatic rings. The zero-order chi connectivity index (χ0) is 16.9. The lowest BCUT2D eigenvalue weighted by molar-refractivity contribution is -0.132. The Balaban J connectivity index is 1.72. The van der Waals surface area contributed by atoms with E-state index in [0.29, 0.717) is 17.6 Å². The zero-order valence-corrected chi connectivity index (χ0v) is 14.2. The summed E-state index contributed by atoms with van der Waals surface area (Å²) in [6, 6.07) is 10.8. The van der Waals surface area contributed by atoms with Crippen molar-refractivity contribution in [2.45, 2.75) is 17.9 Å². The van der Waals surface area contributed by atoms with Gasteiger partial charge in [-0.15, -0.1) is 0 Å². The molecule has 2 aromatic carbocycles. The molecule has 2 heterocycles. The summed E-state index contributed by atoms with van der Waals surface area (Å²) >= 11 is 0. The van der Waals surface area contributed by atoms with E-state index in [0.717, 1.165) is 18.5 Å². The van der Waals surface area contributed by atoms with E-state index in [-0.39, 0.29) is 23.4 Å². The quantitative estimate of drug-likeness (QED) is 0.887. The molecule has 2 aliphatic rings. The third kappa shape index (κ3) is 2.19. The summed E-state index contributed by atoms with van der Waals surface area (Å²) in [5, 5.41) is 4.82. The van der Waals surface area contributed by atoms with Gasteiger partial charge in [0.2, 0.25) is 5.91 Å². The minimum atomic E-state index is -3.68. The number of amides is 1. The van der Waals surface area contributed by atoms with E-state index in [9.17, 15) is 13.2 Å². The molecular weight excluding hydrogens is 326 g/mol. The Morgan fingerprint density at radius 3 is 2.75 bits per heavy atom. The van der Waals surface area contributed by atoms with Crippen molar-refractivity contribution >= 4 is 32.4 Å². The van der Waals surface area contributed by atoms with Crippen molar-refractivity contribution < 1.29 is 13.2 Å². The van der Waals surface area contributed by atoms with Gasteiger partial charge in [0.1, 0.15) is 6.54 Å². The third-order valence-corrected chi connectivity index (χ3v) is 6.58. The van der Waals surface area contributed by atoms with Crippen molar-refractivity contribution in [2.24, 2.45) is 0 Å². The number of anilines is 1. The van der Waals surface area contributed by atoms with E-state index in [1.807, 2.05) is 25.1 Å². The van der Waals surface area contributed by atoms with Crippen molar-refractivity contribution in [1.82, 2.24) is 10.2 Å². The molecular formula is C17H19N3O3S. The maximum absolute atomic E-state index is 12.9. The largest absolute Gasteiger partial charge is 0.336 e. The van der Waals surface area contributed by atoms with E-state index < -0.39 is 10.0 Å². The molecule has 0 bridgehead atoms. The topological polar surface area (TPSA) is 69.7 Å². The molecule has 2 aliphatic heterocycles. The van der Waals surface area contributed by atoms with Gasteiger partial charge in [0.25, 0.3) is 10.0 Å². The fourth-order valence-corrected chi connectivity index (χ4v) is 5.21. The molecule has 24 heavy (non-hydrogen) atoms. The number of benzene rings is 2. The molecule has 1 amide bonds. The molecule has 0 aromatic heterocycles. The van der Waals surface area contributed by atoms with Crippen LogP contribution in [0.4, 0.5) is 5.69 Å². The van der Waals surface area contributed by atoms with Crippen molar-refractivity contribution in [2.75, 3.05) is 30.5 Å². The summed E-state index contributed by atoms with van der Waals surface area (Å²) in [7, 11) is -3.68. The zero-order valence-electron chi connectivity index (χ0n) is 13.4. The van der Waals surface area contributed by atoms with Crippen molar-refractivity contribution in [3.05, 3.63) is 36.4 Å². The van der Waals surface area contributed by atoms with Crippen LogP contribution in [0.1, 0.15) is 6.92 Å². The number of sulfonamides is 1. The second kappa shape index (κ2) is 5.46. The Hall–Kier alpha value is -2.12. The molecule has 126 valence electrons. The van der Waals surface area contributed by atoms with Gasteiger partial charge in [-0.3, -0.25) is 9.10 Å². The van der Waals surface area contributed by atoms with E-state index in [4.69, 9.17) is 0 Å². The molecule has 4 rings (SSSR count). The van der Waals surface area contributed by atoms with Crippen LogP contribution in [-0.4, -0.2) is 51.4 Å². The van der Waals surface area contributed by atoms with Gasteiger partial charge in [-0.2, -0.15) is 0 Å². The normalized spacial score (nSPS) is 22.1. The van der Waals surface area contributed by atoms with Crippen molar-refractivity contribution in [1.29, 1.82) is 0 Å². The van der Waals surface area contributed by atoms with Crippen LogP contribution in [0.15, 0.2) is 41.3 Å². The van der Waals surface area contributed by atoms with Gasteiger partial charge < -0.3 is 10.2 Å². The molecule has 0 aliphatic carbocycles. The van der Waals surface area contributed by atoms with Crippen LogP contribution in [0, 0.1) is 0 Å². The highest BCUT2D eigenvalue weighted by Gasteiger charge is 2.38. The predicted octanol–water partition coefficient (Wildman–Crippen LogP) is 1.17. The Morgan fingerprint density at radius 1 is 1.25 bits per heavy atom. The van der Waals surface area contributed by atoms with Gasteiger partial charge in [0.05, 0.1) is 10.6 Å². The van der Waals surface area contributed by atoms with E-state index in [1.54, 1.807) is 23.1 Å². The number of hydrogen-bond acceptors (Lipinski definition) is 4. The van der Waals surface area contributed by atoms with Gasteiger partial charge >= 0.3 is 0 Å². The lowest BCUT2D eigenvalue weighted by atomic mass is 10.1. The first-order valence-corrected chi connectivity index (χ1v) is 9.49. The van der Waals surface area contributed by atoms with Crippen molar-refractivity contribution in [3.63, 3.8) is 0 Å². The van der Waals surface area contributed by atoms with Crippen molar-refractivity contribution in [3.8, 4) is 0 Å². The Bertz CT molecular complexity index is 921. The predicted molar refractivity (Wildman–Crippen MR) is 92.5 cm³/mol. The summed E-state index contributed by atoms with van der Waals surface area (Å²) in [4.78, 5) is 14.8. The smallest absolute Gasteiger partial charge is 0.265 e. The van der Waals surface area contributed by atoms with Crippen LogP contribution in [0.3, 0.4) is 0 Å². The summed E-state index contributed by atoms with van der Waals surface area (Å²) < 4.78 is 27.1. The average Bonchev–Trinajstić information content (AvgIpc) is 2.79. The number of nitrogens with one attached hydrogen (secondary N) is 1. The monoisotopic (exact) mass is 345 g/mol. The van der Waals surface area contributed by atoms with E-state index >= 15 is 0 Å². The van der Waals surface area contributed by atoms with Crippen LogP contribution < -0.4 is 9.62 Å². The number of hydrogen-bond donors (Lipinski definition) is 1. The fourth-order valence-electron chi connectivity index (χ4n) is 3.55. The van der Waals surface area contributed by atoms with Gasteiger partial charge in [0, 0.05) is 31.1 Å². The SMILES string of the molecule is C[C@H]1CNCCN1C(=O)CN1c2cccc3cccc(c23)S1(=O)=O. The molecule has 1 saturated heterocycles. The Kier molecular flexibility index (Phi) is 3.51. The van der Waals surface area contributed by atoms with Crippen LogP contribution >= 0.6 is 0 Å². The molecule has 0 spiro atoms. The number of carbonyl (C=O) groups excluding carboxylic acids is 1. The fraction of sp³-hybridized carbons (Fsp3) is 0.353. The first-order valence-electron chi connectivity index (χ1n) is 8.05. The minimum absolute atomic E-state index is 0.0646. The molecule has 0 unspecified atom stereocenters. The standard InChI is InChI=1S/C17H19N3O3S/c1-12-10-18-8-9-19(12)16(21)11-20-14-6-2-4-13-5-3-7-15(17(13)14)24(20,22)23/h2-7,12,18H,8-11H2,1H3/t12-/m0/s1. The molecule has 6 nitrogen and oxygen atoms in total. The number of carbonyl (C=O) groups is 1. The lowest BCUT2D eigenvalue weighted by Gasteiger charge is -2.35. The van der Waals surface area contributed by atoms with Crippen LogP contribution in [0.25, 0.3) is 10.8 Å². The Morgan fingerprint density at radius 2 is 2.00 bits per heavy atom. The summed E-state index contributed by atoms with van der Waals surface area (Å²) in [6.07, 6.45) is 0. The second-order valence-electron chi connectivity index (χ2n) is 6.28. The maximum Gasteiger partial charge on any atom is 0.265 e. The van der Waals surface area contributed by atoms with Gasteiger partial charge in [-0.1, -0.05) is 24.3 Å². The molecule has 0 radical (unpaired) electrons. The van der Waals surface area contributed by atoms with Gasteiger partial charge in [-0.05, 0) is 24.4 Å². The molecule has 0 saturated carbocycles. The summed E-state index contributed by atoms with van der Waals surface area (Å²) in [5.74, 6) is -0.155. The summed E-state index contributed by atoms with van der Waals surface area (Å²) in [5.41, 5.74) is 0.597. The Labute approximate surface area is 141 Å². The molecule has 1 N–H and O–H groups in total. The first kappa shape index (κ1) is 15.4. The first-order chi connectivity index (χ1) is 11.5. The minimum Gasteiger partial charge on any atom is -0.336 e. The van der Waals surface area contributed by atoms with Crippen LogP contribution in [0.2, 0.25) is 0 Å². The average molecular weight is 345 g/mol. The maximum atomic E-state index is 12.9. The van der Waals surface area contributed by atoms with Crippen LogP contribution in [-0.2, 0) is 14.8 Å². The van der Waals surface area contributed by atoms with Gasteiger partial charge in [-0.25, -0.2) is 8.42 Å². The van der Waals surface area contributed by atoms with Gasteiger partial charge in [0.15, 0.2) is 0 Å². The molecule has 7 heteroatoms. The summed E-state index contributed by atoms with van der Waals surface area (Å²) in [6.45, 7) is 3.89. The highest BCUT2D eigenvalue weighted by atomic mass is 32.2. The third-order valence-electron chi connectivity index (χ3n) is 4.78. The lowest BCUT2D eigenvalue weighted by Crippen LogP contribution is -2.54. The molecule has 1 atom stereocenters. The van der Waals surface area contributed by atoms with Crippen LogP contribution in [0.5, 0.6) is 0 Å². The molecule has 1 fully saturated rings. The highest BCUT2D eigenvalue weighted by molar-refractivity contribution is 7.93. The highest BCUT2D eigenvalue weighted by Crippen LogP contribution is 2.41. The van der Waals surface area contributed by atoms with E-state index in [2.05, 4.69) is 5.32 Å². The number of rotatable bonds is 2. The second-order valence-corrected chi connectivity index (χ2v) is 8.11. The van der Waals surface area contributed by atoms with E-state index in [1.165, 1.54) is 4.31 Å². The number of nitrogens with zero attached hydrogens (tertiary/aromatic N) is 2. The number of piperazine rings is 1.